The number of rotatable bonds is 2. The van der Waals surface area contributed by atoms with E-state index in [2.05, 4.69) is 48.1 Å². The summed E-state index contributed by atoms with van der Waals surface area (Å²) < 4.78 is 6.15. The van der Waals surface area contributed by atoms with Crippen LogP contribution in [0.15, 0.2) is 10.5 Å². The van der Waals surface area contributed by atoms with Gasteiger partial charge in [-0.2, -0.15) is 0 Å². The van der Waals surface area contributed by atoms with E-state index in [-0.39, 0.29) is 5.41 Å². The summed E-state index contributed by atoms with van der Waals surface area (Å²) in [6.45, 7) is 12.1. The van der Waals surface area contributed by atoms with Gasteiger partial charge in [0, 0.05) is 4.88 Å². The molecule has 1 aromatic rings. The van der Waals surface area contributed by atoms with Gasteiger partial charge in [-0.1, -0.05) is 20.8 Å². The lowest BCUT2D eigenvalue weighted by Gasteiger charge is -2.19. The van der Waals surface area contributed by atoms with Crippen molar-refractivity contribution in [1.82, 2.24) is 0 Å². The van der Waals surface area contributed by atoms with Crippen molar-refractivity contribution in [3.8, 4) is 0 Å². The Labute approximate surface area is 127 Å². The Balaban J connectivity index is 2.72. The van der Waals surface area contributed by atoms with Gasteiger partial charge in [-0.05, 0) is 54.6 Å². The maximum atomic E-state index is 11.7. The van der Waals surface area contributed by atoms with Crippen molar-refractivity contribution in [3.63, 3.8) is 0 Å². The van der Waals surface area contributed by atoms with Crippen LogP contribution < -0.4 is 5.32 Å². The Morgan fingerprint density at radius 3 is 2.37 bits per heavy atom. The molecule has 0 unspecified atom stereocenters. The van der Waals surface area contributed by atoms with Crippen LogP contribution in [0.3, 0.4) is 0 Å². The highest BCUT2D eigenvalue weighted by atomic mass is 79.9. The number of ether oxygens (including phenoxy) is 1. The van der Waals surface area contributed by atoms with Gasteiger partial charge in [-0.3, -0.25) is 5.32 Å². The molecule has 0 aromatic carbocycles. The minimum Gasteiger partial charge on any atom is -0.444 e. The van der Waals surface area contributed by atoms with Gasteiger partial charge in [0.05, 0.1) is 4.47 Å². The van der Waals surface area contributed by atoms with Crippen LogP contribution in [0.25, 0.3) is 0 Å². The number of carbonyl (C=O) groups is 1. The molecule has 0 fully saturated rings. The first-order valence-electron chi connectivity index (χ1n) is 6.24. The number of carbonyl (C=O) groups excluding carboxylic acids is 1. The first-order valence-corrected chi connectivity index (χ1v) is 7.85. The van der Waals surface area contributed by atoms with E-state index in [1.807, 2.05) is 20.8 Å². The smallest absolute Gasteiger partial charge is 0.412 e. The first kappa shape index (κ1) is 16.5. The monoisotopic (exact) mass is 347 g/mol. The van der Waals surface area contributed by atoms with Crippen molar-refractivity contribution in [1.29, 1.82) is 0 Å². The van der Waals surface area contributed by atoms with Crippen LogP contribution in [0.2, 0.25) is 0 Å². The summed E-state index contributed by atoms with van der Waals surface area (Å²) in [5, 5.41) is 3.58. The van der Waals surface area contributed by atoms with Crippen LogP contribution in [0.5, 0.6) is 0 Å². The molecule has 0 saturated carbocycles. The van der Waals surface area contributed by atoms with Crippen molar-refractivity contribution >= 4 is 38.4 Å². The molecule has 0 saturated heterocycles. The molecular formula is C14H22BrNO2S. The highest BCUT2D eigenvalue weighted by molar-refractivity contribution is 9.10. The second-order valence-corrected chi connectivity index (χ2v) is 8.75. The highest BCUT2D eigenvalue weighted by Gasteiger charge is 2.19. The summed E-state index contributed by atoms with van der Waals surface area (Å²) >= 11 is 5.05. The molecule has 0 spiro atoms. The molecular weight excluding hydrogens is 326 g/mol. The Bertz CT molecular complexity index is 455. The van der Waals surface area contributed by atoms with Crippen LogP contribution in [0.4, 0.5) is 9.80 Å². The summed E-state index contributed by atoms with van der Waals surface area (Å²) in [5.41, 5.74) is -0.254. The number of thiophene rings is 1. The zero-order valence-corrected chi connectivity index (χ0v) is 14.8. The lowest BCUT2D eigenvalue weighted by Crippen LogP contribution is -2.27. The second kappa shape index (κ2) is 5.83. The maximum absolute atomic E-state index is 11.7. The number of nitrogens with one attached hydrogen (secondary N) is 1. The fraction of sp³-hybridized carbons (Fsp3) is 0.643. The molecule has 19 heavy (non-hydrogen) atoms. The predicted molar refractivity (Wildman–Crippen MR) is 85.0 cm³/mol. The van der Waals surface area contributed by atoms with Gasteiger partial charge in [-0.15, -0.1) is 11.3 Å². The number of halogens is 1. The minimum absolute atomic E-state index is 0.230. The Morgan fingerprint density at radius 1 is 1.32 bits per heavy atom. The molecule has 0 aliphatic rings. The largest absolute Gasteiger partial charge is 0.444 e. The summed E-state index contributed by atoms with van der Waals surface area (Å²) in [6, 6.07) is 2.06. The molecule has 0 radical (unpaired) electrons. The summed E-state index contributed by atoms with van der Waals surface area (Å²) in [5.74, 6) is 0. The average molecular weight is 348 g/mol. The third-order valence-corrected chi connectivity index (χ3v) is 4.00. The minimum atomic E-state index is -0.484. The number of amides is 1. The van der Waals surface area contributed by atoms with Crippen molar-refractivity contribution in [2.24, 2.45) is 5.41 Å². The van der Waals surface area contributed by atoms with E-state index in [4.69, 9.17) is 4.74 Å². The van der Waals surface area contributed by atoms with Crippen molar-refractivity contribution < 1.29 is 9.53 Å². The zero-order valence-electron chi connectivity index (χ0n) is 12.4. The molecule has 0 aliphatic heterocycles. The molecule has 3 nitrogen and oxygen atoms in total. The fourth-order valence-electron chi connectivity index (χ4n) is 1.51. The van der Waals surface area contributed by atoms with Gasteiger partial charge in [0.15, 0.2) is 0 Å². The van der Waals surface area contributed by atoms with E-state index in [0.29, 0.717) is 0 Å². The van der Waals surface area contributed by atoms with E-state index in [1.165, 1.54) is 4.88 Å². The Morgan fingerprint density at radius 2 is 1.89 bits per heavy atom. The Hall–Kier alpha value is -0.550. The van der Waals surface area contributed by atoms with Crippen molar-refractivity contribution in [3.05, 3.63) is 15.4 Å². The van der Waals surface area contributed by atoms with Gasteiger partial charge < -0.3 is 4.74 Å². The standard InChI is InChI=1S/C14H22BrNO2S/c1-13(2,3)8-9-7-10(15)11(19-9)16-12(17)18-14(4,5)6/h7H,8H2,1-6H3,(H,16,17). The maximum Gasteiger partial charge on any atom is 0.412 e. The van der Waals surface area contributed by atoms with Gasteiger partial charge >= 0.3 is 6.09 Å². The molecule has 108 valence electrons. The van der Waals surface area contributed by atoms with Gasteiger partial charge in [0.2, 0.25) is 0 Å². The third-order valence-electron chi connectivity index (χ3n) is 2.06. The van der Waals surface area contributed by atoms with Crippen LogP contribution in [0, 0.1) is 5.41 Å². The highest BCUT2D eigenvalue weighted by Crippen LogP contribution is 2.36. The molecule has 1 N–H and O–H groups in total. The molecule has 1 heterocycles. The van der Waals surface area contributed by atoms with E-state index < -0.39 is 11.7 Å². The summed E-state index contributed by atoms with van der Waals surface area (Å²) in [4.78, 5) is 13.0. The van der Waals surface area contributed by atoms with Gasteiger partial charge in [0.25, 0.3) is 0 Å². The molecule has 5 heteroatoms. The van der Waals surface area contributed by atoms with Gasteiger partial charge in [0.1, 0.15) is 10.6 Å². The molecule has 0 bridgehead atoms. The molecule has 0 aliphatic carbocycles. The molecule has 0 atom stereocenters. The predicted octanol–water partition coefficient (Wildman–Crippen LogP) is 5.45. The first-order chi connectivity index (χ1) is 8.46. The van der Waals surface area contributed by atoms with Crippen LogP contribution in [0.1, 0.15) is 46.4 Å². The van der Waals surface area contributed by atoms with Crippen molar-refractivity contribution in [2.45, 2.75) is 53.6 Å². The van der Waals surface area contributed by atoms with E-state index in [0.717, 1.165) is 15.9 Å². The second-order valence-electron chi connectivity index (χ2n) is 6.75. The zero-order chi connectivity index (χ0) is 14.8. The Kier molecular flexibility index (Phi) is 5.07. The lowest BCUT2D eigenvalue weighted by molar-refractivity contribution is 0.0636. The van der Waals surface area contributed by atoms with Crippen molar-refractivity contribution in [2.75, 3.05) is 5.32 Å². The average Bonchev–Trinajstić information content (AvgIpc) is 2.39. The van der Waals surface area contributed by atoms with Gasteiger partial charge in [-0.25, -0.2) is 4.79 Å². The fourth-order valence-corrected chi connectivity index (χ4v) is 3.51. The topological polar surface area (TPSA) is 38.3 Å². The quantitative estimate of drug-likeness (QED) is 0.772. The SMILES string of the molecule is CC(C)(C)Cc1cc(Br)c(NC(=O)OC(C)(C)C)s1. The number of hydrogen-bond donors (Lipinski definition) is 1. The lowest BCUT2D eigenvalue weighted by atomic mass is 9.92. The number of anilines is 1. The molecule has 1 aromatic heterocycles. The van der Waals surface area contributed by atoms with E-state index in [1.54, 1.807) is 11.3 Å². The number of hydrogen-bond acceptors (Lipinski definition) is 3. The van der Waals surface area contributed by atoms with E-state index in [9.17, 15) is 4.79 Å². The normalized spacial score (nSPS) is 12.4. The third kappa shape index (κ3) is 6.43. The van der Waals surface area contributed by atoms with Crippen LogP contribution in [-0.4, -0.2) is 11.7 Å². The van der Waals surface area contributed by atoms with Crippen LogP contribution in [-0.2, 0) is 11.2 Å². The summed E-state index contributed by atoms with van der Waals surface area (Å²) in [6.07, 6.45) is 0.559. The van der Waals surface area contributed by atoms with E-state index >= 15 is 0 Å². The summed E-state index contributed by atoms with van der Waals surface area (Å²) in [7, 11) is 0. The molecule has 1 rings (SSSR count). The molecule has 1 amide bonds. The van der Waals surface area contributed by atoms with Crippen LogP contribution >= 0.6 is 27.3 Å².